The first-order valence-corrected chi connectivity index (χ1v) is 7.39. The van der Waals surface area contributed by atoms with Gasteiger partial charge in [0.05, 0.1) is 7.11 Å². The number of hydrogen-bond donors (Lipinski definition) is 2. The van der Waals surface area contributed by atoms with Crippen molar-refractivity contribution in [1.29, 1.82) is 0 Å². The Labute approximate surface area is 139 Å². The van der Waals surface area contributed by atoms with E-state index in [2.05, 4.69) is 15.6 Å². The number of fused-ring (bicyclic) bond motifs is 1. The summed E-state index contributed by atoms with van der Waals surface area (Å²) < 4.78 is 10.8. The maximum absolute atomic E-state index is 12.5. The largest absolute Gasteiger partial charge is 0.497 e. The lowest BCUT2D eigenvalue weighted by atomic mass is 10.0. The van der Waals surface area contributed by atoms with Crippen molar-refractivity contribution in [1.82, 2.24) is 10.3 Å². The zero-order valence-electron chi connectivity index (χ0n) is 13.3. The van der Waals surface area contributed by atoms with E-state index >= 15 is 0 Å². The van der Waals surface area contributed by atoms with E-state index in [1.807, 2.05) is 24.3 Å². The van der Waals surface area contributed by atoms with Crippen molar-refractivity contribution in [2.75, 3.05) is 12.4 Å². The number of methoxy groups -OCH3 is 1. The van der Waals surface area contributed by atoms with E-state index in [1.54, 1.807) is 19.2 Å². The van der Waals surface area contributed by atoms with Crippen LogP contribution in [0.3, 0.4) is 0 Å². The second kappa shape index (κ2) is 6.19. The molecule has 0 spiro atoms. The minimum atomic E-state index is -1.66. The number of anilines is 1. The fraction of sp³-hybridized carbons (Fsp3) is 0.235. The van der Waals surface area contributed by atoms with Gasteiger partial charge in [-0.3, -0.25) is 9.59 Å². The Morgan fingerprint density at radius 3 is 3.00 bits per heavy atom. The molecule has 0 unspecified atom stereocenters. The van der Waals surface area contributed by atoms with Crippen LogP contribution in [0.25, 0.3) is 0 Å². The van der Waals surface area contributed by atoms with Crippen molar-refractivity contribution >= 4 is 17.6 Å². The van der Waals surface area contributed by atoms with Crippen molar-refractivity contribution in [3.63, 3.8) is 0 Å². The zero-order chi connectivity index (χ0) is 17.2. The van der Waals surface area contributed by atoms with Crippen molar-refractivity contribution in [3.05, 3.63) is 48.2 Å². The summed E-state index contributed by atoms with van der Waals surface area (Å²) >= 11 is 0. The smallest absolute Gasteiger partial charge is 0.279 e. The molecular weight excluding hydrogens is 310 g/mol. The van der Waals surface area contributed by atoms with Crippen LogP contribution in [0.15, 0.2) is 42.6 Å². The van der Waals surface area contributed by atoms with Gasteiger partial charge in [0, 0.05) is 12.7 Å². The predicted octanol–water partition coefficient (Wildman–Crippen LogP) is 1.50. The van der Waals surface area contributed by atoms with E-state index in [4.69, 9.17) is 9.47 Å². The Bertz CT molecular complexity index is 793. The number of nitrogens with one attached hydrogen (secondary N) is 2. The highest BCUT2D eigenvalue weighted by Crippen LogP contribution is 2.31. The van der Waals surface area contributed by atoms with Crippen LogP contribution in [-0.4, -0.2) is 29.5 Å². The molecule has 1 aliphatic heterocycles. The second-order valence-corrected chi connectivity index (χ2v) is 5.47. The van der Waals surface area contributed by atoms with E-state index < -0.39 is 17.4 Å². The predicted molar refractivity (Wildman–Crippen MR) is 86.7 cm³/mol. The van der Waals surface area contributed by atoms with Gasteiger partial charge < -0.3 is 20.1 Å². The second-order valence-electron chi connectivity index (χ2n) is 5.47. The highest BCUT2D eigenvalue weighted by atomic mass is 16.5. The van der Waals surface area contributed by atoms with Gasteiger partial charge in [-0.15, -0.1) is 0 Å². The van der Waals surface area contributed by atoms with E-state index in [-0.39, 0.29) is 6.54 Å². The Kier molecular flexibility index (Phi) is 4.07. The molecule has 0 fully saturated rings. The molecule has 24 heavy (non-hydrogen) atoms. The molecule has 3 rings (SSSR count). The molecule has 2 heterocycles. The monoisotopic (exact) mass is 327 g/mol. The molecule has 0 radical (unpaired) electrons. The Balaban J connectivity index is 1.73. The standard InChI is InChI=1S/C17H17N3O4/c1-17(16(22)20-14-13(24-17)7-4-8-18-14)15(21)19-10-11-5-3-6-12(9-11)23-2/h3-9H,10H2,1-2H3,(H,19,21)(H,18,20,22)/t17-/m1/s1. The fourth-order valence-electron chi connectivity index (χ4n) is 2.34. The minimum absolute atomic E-state index is 0.252. The minimum Gasteiger partial charge on any atom is -0.497 e. The number of carbonyl (C=O) groups is 2. The van der Waals surface area contributed by atoms with Gasteiger partial charge in [0.1, 0.15) is 5.75 Å². The third-order valence-corrected chi connectivity index (χ3v) is 3.77. The van der Waals surface area contributed by atoms with Crippen molar-refractivity contribution in [2.45, 2.75) is 19.1 Å². The van der Waals surface area contributed by atoms with Gasteiger partial charge in [-0.2, -0.15) is 0 Å². The molecule has 0 aliphatic carbocycles. The van der Waals surface area contributed by atoms with Gasteiger partial charge >= 0.3 is 0 Å². The molecule has 124 valence electrons. The van der Waals surface area contributed by atoms with Gasteiger partial charge in [-0.1, -0.05) is 12.1 Å². The van der Waals surface area contributed by atoms with Gasteiger partial charge in [0.25, 0.3) is 17.4 Å². The normalized spacial score (nSPS) is 18.8. The molecule has 0 saturated carbocycles. The number of nitrogens with zero attached hydrogens (tertiary/aromatic N) is 1. The molecule has 7 nitrogen and oxygen atoms in total. The average Bonchev–Trinajstić information content (AvgIpc) is 2.60. The quantitative estimate of drug-likeness (QED) is 0.831. The summed E-state index contributed by atoms with van der Waals surface area (Å²) in [7, 11) is 1.57. The molecule has 2 aromatic rings. The van der Waals surface area contributed by atoms with E-state index in [1.165, 1.54) is 13.1 Å². The summed E-state index contributed by atoms with van der Waals surface area (Å²) in [6.45, 7) is 1.68. The van der Waals surface area contributed by atoms with Crippen LogP contribution in [0, 0.1) is 0 Å². The van der Waals surface area contributed by atoms with Crippen LogP contribution in [0.5, 0.6) is 11.5 Å². The molecule has 2 amide bonds. The van der Waals surface area contributed by atoms with Gasteiger partial charge in [0.2, 0.25) is 0 Å². The highest BCUT2D eigenvalue weighted by Gasteiger charge is 2.47. The van der Waals surface area contributed by atoms with Crippen LogP contribution in [0.2, 0.25) is 0 Å². The fourth-order valence-corrected chi connectivity index (χ4v) is 2.34. The summed E-state index contributed by atoms with van der Waals surface area (Å²) in [5, 5.41) is 5.31. The van der Waals surface area contributed by atoms with Crippen molar-refractivity contribution < 1.29 is 19.1 Å². The van der Waals surface area contributed by atoms with Gasteiger partial charge in [0.15, 0.2) is 11.6 Å². The van der Waals surface area contributed by atoms with Crippen LogP contribution < -0.4 is 20.1 Å². The lowest BCUT2D eigenvalue weighted by Gasteiger charge is -2.32. The third kappa shape index (κ3) is 2.88. The summed E-state index contributed by atoms with van der Waals surface area (Å²) in [4.78, 5) is 28.8. The molecule has 1 atom stereocenters. The van der Waals surface area contributed by atoms with Crippen LogP contribution in [0.1, 0.15) is 12.5 Å². The maximum atomic E-state index is 12.5. The van der Waals surface area contributed by atoms with E-state index in [0.717, 1.165) is 5.56 Å². The lowest BCUT2D eigenvalue weighted by molar-refractivity contribution is -0.146. The zero-order valence-corrected chi connectivity index (χ0v) is 13.3. The van der Waals surface area contributed by atoms with Crippen LogP contribution in [-0.2, 0) is 16.1 Å². The molecule has 7 heteroatoms. The summed E-state index contributed by atoms with van der Waals surface area (Å²) in [5.41, 5.74) is -0.806. The van der Waals surface area contributed by atoms with E-state index in [9.17, 15) is 9.59 Å². The van der Waals surface area contributed by atoms with Gasteiger partial charge in [-0.25, -0.2) is 4.98 Å². The first kappa shape index (κ1) is 15.8. The number of carbonyl (C=O) groups excluding carboxylic acids is 2. The Morgan fingerprint density at radius 1 is 1.38 bits per heavy atom. The topological polar surface area (TPSA) is 89.6 Å². The molecule has 0 bridgehead atoms. The molecule has 0 saturated heterocycles. The molecule has 1 aromatic heterocycles. The first-order chi connectivity index (χ1) is 11.5. The number of hydrogen-bond acceptors (Lipinski definition) is 5. The molecular formula is C17H17N3O4. The lowest BCUT2D eigenvalue weighted by Crippen LogP contribution is -2.58. The van der Waals surface area contributed by atoms with Crippen molar-refractivity contribution in [3.8, 4) is 11.5 Å². The highest BCUT2D eigenvalue weighted by molar-refractivity contribution is 6.15. The summed E-state index contributed by atoms with van der Waals surface area (Å²) in [6.07, 6.45) is 1.54. The van der Waals surface area contributed by atoms with Crippen molar-refractivity contribution in [2.24, 2.45) is 0 Å². The molecule has 2 N–H and O–H groups in total. The van der Waals surface area contributed by atoms with Gasteiger partial charge in [-0.05, 0) is 36.8 Å². The number of amides is 2. The summed E-state index contributed by atoms with van der Waals surface area (Å²) in [5.74, 6) is 0.269. The number of rotatable bonds is 4. The number of ether oxygens (including phenoxy) is 2. The number of benzene rings is 1. The van der Waals surface area contributed by atoms with E-state index in [0.29, 0.717) is 17.3 Å². The maximum Gasteiger partial charge on any atom is 0.279 e. The average molecular weight is 327 g/mol. The SMILES string of the molecule is COc1cccc(CNC(=O)[C@@]2(C)Oc3cccnc3NC2=O)c1. The summed E-state index contributed by atoms with van der Waals surface area (Å²) in [6, 6.07) is 10.6. The molecule has 1 aromatic carbocycles. The first-order valence-electron chi connectivity index (χ1n) is 7.39. The molecule has 1 aliphatic rings. The number of pyridine rings is 1. The van der Waals surface area contributed by atoms with Crippen LogP contribution >= 0.6 is 0 Å². The Morgan fingerprint density at radius 2 is 2.21 bits per heavy atom. The number of aromatic nitrogens is 1. The third-order valence-electron chi connectivity index (χ3n) is 3.77. The van der Waals surface area contributed by atoms with Crippen LogP contribution in [0.4, 0.5) is 5.82 Å². The Hall–Kier alpha value is -3.09.